The number of nitrogens with two attached hydrogens (primary N) is 1. The van der Waals surface area contributed by atoms with Crippen LogP contribution in [0, 0.1) is 17.5 Å². The van der Waals surface area contributed by atoms with E-state index >= 15 is 0 Å². The summed E-state index contributed by atoms with van der Waals surface area (Å²) >= 11 is 0. The van der Waals surface area contributed by atoms with E-state index in [0.29, 0.717) is 11.8 Å². The number of methoxy groups -OCH3 is 1. The van der Waals surface area contributed by atoms with Crippen LogP contribution in [0.1, 0.15) is 18.5 Å². The fraction of sp³-hybridized carbons (Fsp3) is 0.136. The van der Waals surface area contributed by atoms with Crippen molar-refractivity contribution in [3.63, 3.8) is 0 Å². The first kappa shape index (κ1) is 19.0. The number of rotatable bonds is 4. The van der Waals surface area contributed by atoms with Crippen molar-refractivity contribution >= 4 is 11.0 Å². The first-order valence-corrected chi connectivity index (χ1v) is 8.95. The molecule has 0 saturated carbocycles. The molecule has 0 radical (unpaired) electrons. The second-order valence-electron chi connectivity index (χ2n) is 6.78. The molecule has 3 aromatic carbocycles. The predicted octanol–water partition coefficient (Wildman–Crippen LogP) is 5.14. The van der Waals surface area contributed by atoms with Gasteiger partial charge in [0, 0.05) is 28.9 Å². The molecular formula is C22H18F3N3O. The maximum atomic E-state index is 14.6. The van der Waals surface area contributed by atoms with Crippen molar-refractivity contribution in [2.24, 2.45) is 5.73 Å². The van der Waals surface area contributed by atoms with E-state index in [1.807, 2.05) is 25.1 Å². The summed E-state index contributed by atoms with van der Waals surface area (Å²) in [6.07, 6.45) is 1.61. The number of aromatic nitrogens is 2. The highest BCUT2D eigenvalue weighted by Gasteiger charge is 2.18. The largest absolute Gasteiger partial charge is 0.493 e. The molecule has 0 aliphatic heterocycles. The molecule has 1 aromatic heterocycles. The highest BCUT2D eigenvalue weighted by Crippen LogP contribution is 2.36. The Morgan fingerprint density at radius 3 is 2.48 bits per heavy atom. The number of benzene rings is 3. The summed E-state index contributed by atoms with van der Waals surface area (Å²) in [5.74, 6) is -2.57. The molecule has 1 atom stereocenters. The van der Waals surface area contributed by atoms with Gasteiger partial charge in [-0.2, -0.15) is 0 Å². The summed E-state index contributed by atoms with van der Waals surface area (Å²) in [6.45, 7) is 1.88. The molecule has 0 spiro atoms. The molecule has 4 rings (SSSR count). The summed E-state index contributed by atoms with van der Waals surface area (Å²) in [7, 11) is 1.25. The van der Waals surface area contributed by atoms with Crippen LogP contribution in [0.4, 0.5) is 13.2 Å². The molecule has 7 heteroatoms. The highest BCUT2D eigenvalue weighted by molar-refractivity contribution is 5.79. The van der Waals surface area contributed by atoms with E-state index in [1.54, 1.807) is 17.0 Å². The van der Waals surface area contributed by atoms with E-state index in [2.05, 4.69) is 4.98 Å². The van der Waals surface area contributed by atoms with Crippen LogP contribution in [0.3, 0.4) is 0 Å². The monoisotopic (exact) mass is 397 g/mol. The summed E-state index contributed by atoms with van der Waals surface area (Å²) in [5.41, 5.74) is 9.01. The van der Waals surface area contributed by atoms with E-state index in [4.69, 9.17) is 10.5 Å². The lowest BCUT2D eigenvalue weighted by atomic mass is 10.0. The van der Waals surface area contributed by atoms with Crippen molar-refractivity contribution in [1.82, 2.24) is 9.55 Å². The van der Waals surface area contributed by atoms with Gasteiger partial charge in [0.2, 0.25) is 0 Å². The van der Waals surface area contributed by atoms with E-state index in [1.165, 1.54) is 19.2 Å². The Labute approximate surface area is 165 Å². The van der Waals surface area contributed by atoms with Crippen LogP contribution in [0.15, 0.2) is 54.9 Å². The zero-order valence-electron chi connectivity index (χ0n) is 15.8. The van der Waals surface area contributed by atoms with Crippen molar-refractivity contribution in [2.75, 3.05) is 7.11 Å². The van der Waals surface area contributed by atoms with E-state index in [0.717, 1.165) is 22.7 Å². The van der Waals surface area contributed by atoms with Gasteiger partial charge in [0.25, 0.3) is 0 Å². The molecule has 0 aliphatic carbocycles. The van der Waals surface area contributed by atoms with Gasteiger partial charge in [0.1, 0.15) is 18.0 Å². The Morgan fingerprint density at radius 1 is 0.966 bits per heavy atom. The number of fused-ring (bicyclic) bond motifs is 1. The predicted molar refractivity (Wildman–Crippen MR) is 106 cm³/mol. The molecule has 0 saturated heterocycles. The molecule has 1 heterocycles. The third-order valence-corrected chi connectivity index (χ3v) is 4.83. The smallest absolute Gasteiger partial charge is 0.168 e. The van der Waals surface area contributed by atoms with Gasteiger partial charge in [-0.1, -0.05) is 6.07 Å². The minimum absolute atomic E-state index is 0.00647. The lowest BCUT2D eigenvalue weighted by Gasteiger charge is -2.13. The van der Waals surface area contributed by atoms with E-state index in [9.17, 15) is 13.2 Å². The first-order valence-electron chi connectivity index (χ1n) is 8.95. The molecule has 0 amide bonds. The van der Waals surface area contributed by atoms with Crippen LogP contribution in [-0.4, -0.2) is 16.7 Å². The molecule has 0 bridgehead atoms. The van der Waals surface area contributed by atoms with Gasteiger partial charge >= 0.3 is 0 Å². The number of hydrogen-bond donors (Lipinski definition) is 1. The SMILES string of the molecule is COc1c(F)cc(F)cc1-c1cc(-n2cnc3cc([C@@H](C)N)ccc32)ccc1F. The van der Waals surface area contributed by atoms with Crippen LogP contribution in [-0.2, 0) is 0 Å². The van der Waals surface area contributed by atoms with Crippen LogP contribution in [0.2, 0.25) is 0 Å². The second kappa shape index (κ2) is 7.25. The van der Waals surface area contributed by atoms with Crippen LogP contribution in [0.5, 0.6) is 5.75 Å². The molecule has 2 N–H and O–H groups in total. The molecule has 29 heavy (non-hydrogen) atoms. The Morgan fingerprint density at radius 2 is 1.76 bits per heavy atom. The van der Waals surface area contributed by atoms with Gasteiger partial charge in [-0.05, 0) is 48.9 Å². The Balaban J connectivity index is 1.88. The Kier molecular flexibility index (Phi) is 4.76. The zero-order chi connectivity index (χ0) is 20.7. The van der Waals surface area contributed by atoms with Crippen molar-refractivity contribution in [2.45, 2.75) is 13.0 Å². The molecular weight excluding hydrogens is 379 g/mol. The molecule has 148 valence electrons. The third kappa shape index (κ3) is 3.34. The maximum Gasteiger partial charge on any atom is 0.168 e. The van der Waals surface area contributed by atoms with Gasteiger partial charge in [-0.3, -0.25) is 4.57 Å². The van der Waals surface area contributed by atoms with E-state index < -0.39 is 17.5 Å². The highest BCUT2D eigenvalue weighted by atomic mass is 19.1. The Bertz CT molecular complexity index is 1220. The minimum atomic E-state index is -0.899. The summed E-state index contributed by atoms with van der Waals surface area (Å²) in [6, 6.07) is 11.6. The van der Waals surface area contributed by atoms with Gasteiger partial charge in [0.15, 0.2) is 11.6 Å². The fourth-order valence-corrected chi connectivity index (χ4v) is 3.36. The standard InChI is InChI=1S/C22H18F3N3O/c1-12(26)13-3-6-21-20(7-13)27-11-28(21)15-4-5-18(24)16(10-15)17-8-14(23)9-19(25)22(17)29-2/h3-12H,26H2,1-2H3/t12-/m1/s1. The third-order valence-electron chi connectivity index (χ3n) is 4.83. The summed E-state index contributed by atoms with van der Waals surface area (Å²) in [4.78, 5) is 4.39. The van der Waals surface area contributed by atoms with Crippen molar-refractivity contribution in [1.29, 1.82) is 0 Å². The zero-order valence-corrected chi connectivity index (χ0v) is 15.8. The molecule has 0 aliphatic rings. The van der Waals surface area contributed by atoms with Crippen LogP contribution < -0.4 is 10.5 Å². The van der Waals surface area contributed by atoms with Crippen molar-refractivity contribution < 1.29 is 17.9 Å². The number of hydrogen-bond acceptors (Lipinski definition) is 3. The van der Waals surface area contributed by atoms with Gasteiger partial charge in [0.05, 0.1) is 18.1 Å². The van der Waals surface area contributed by atoms with Crippen molar-refractivity contribution in [3.8, 4) is 22.6 Å². The second-order valence-corrected chi connectivity index (χ2v) is 6.78. The number of imidazole rings is 1. The average molecular weight is 397 g/mol. The molecule has 4 aromatic rings. The van der Waals surface area contributed by atoms with Crippen molar-refractivity contribution in [3.05, 3.63) is 77.9 Å². The molecule has 0 fully saturated rings. The summed E-state index contributed by atoms with van der Waals surface area (Å²) in [5, 5.41) is 0. The lowest BCUT2D eigenvalue weighted by molar-refractivity contribution is 0.385. The molecule has 0 unspecified atom stereocenters. The average Bonchev–Trinajstić information content (AvgIpc) is 3.11. The molecule has 4 nitrogen and oxygen atoms in total. The Hall–Kier alpha value is -3.32. The number of nitrogens with zero attached hydrogens (tertiary/aromatic N) is 2. The van der Waals surface area contributed by atoms with Gasteiger partial charge in [-0.25, -0.2) is 18.2 Å². The van der Waals surface area contributed by atoms with Crippen LogP contribution in [0.25, 0.3) is 27.8 Å². The minimum Gasteiger partial charge on any atom is -0.493 e. The topological polar surface area (TPSA) is 53.1 Å². The lowest BCUT2D eigenvalue weighted by Crippen LogP contribution is -2.04. The van der Waals surface area contributed by atoms with Gasteiger partial charge in [-0.15, -0.1) is 0 Å². The van der Waals surface area contributed by atoms with Gasteiger partial charge < -0.3 is 10.5 Å². The maximum absolute atomic E-state index is 14.6. The number of halogens is 3. The van der Waals surface area contributed by atoms with Crippen LogP contribution >= 0.6 is 0 Å². The summed E-state index contributed by atoms with van der Waals surface area (Å²) < 4.78 is 49.3. The normalized spacial score (nSPS) is 12.3. The fourth-order valence-electron chi connectivity index (χ4n) is 3.36. The first-order chi connectivity index (χ1) is 13.9. The van der Waals surface area contributed by atoms with E-state index in [-0.39, 0.29) is 22.9 Å². The number of ether oxygens (including phenoxy) is 1. The quantitative estimate of drug-likeness (QED) is 0.519.